The van der Waals surface area contributed by atoms with E-state index in [2.05, 4.69) is 0 Å². The van der Waals surface area contributed by atoms with E-state index in [-0.39, 0.29) is 13.0 Å². The van der Waals surface area contributed by atoms with Gasteiger partial charge in [0.15, 0.2) is 5.92 Å². The molecule has 0 aliphatic rings. The van der Waals surface area contributed by atoms with Crippen LogP contribution in [0, 0.1) is 5.92 Å². The van der Waals surface area contributed by atoms with Crippen LogP contribution >= 0.6 is 0 Å². The van der Waals surface area contributed by atoms with E-state index in [1.165, 1.54) is 0 Å². The average Bonchev–Trinajstić information content (AvgIpc) is 2.48. The molecule has 1 aromatic rings. The van der Waals surface area contributed by atoms with Crippen molar-refractivity contribution in [3.05, 3.63) is 35.4 Å². The SMILES string of the molecule is CCCc1ccc(C(O)(CC)C(C(=O)OCC)C(F)F)cc1. The number of aliphatic hydroxyl groups is 1. The lowest BCUT2D eigenvalue weighted by molar-refractivity contribution is -0.172. The maximum Gasteiger partial charge on any atom is 0.318 e. The summed E-state index contributed by atoms with van der Waals surface area (Å²) >= 11 is 0. The van der Waals surface area contributed by atoms with Crippen LogP contribution in [0.15, 0.2) is 24.3 Å². The lowest BCUT2D eigenvalue weighted by Gasteiger charge is -2.34. The van der Waals surface area contributed by atoms with E-state index in [0.29, 0.717) is 5.56 Å². The van der Waals surface area contributed by atoms with Crippen molar-refractivity contribution >= 4 is 5.97 Å². The van der Waals surface area contributed by atoms with Gasteiger partial charge in [0.05, 0.1) is 6.61 Å². The third-order valence-electron chi connectivity index (χ3n) is 3.84. The van der Waals surface area contributed by atoms with Crippen LogP contribution in [0.1, 0.15) is 44.7 Å². The molecule has 1 N–H and O–H groups in total. The van der Waals surface area contributed by atoms with E-state index in [1.54, 1.807) is 38.1 Å². The van der Waals surface area contributed by atoms with Gasteiger partial charge >= 0.3 is 5.97 Å². The lowest BCUT2D eigenvalue weighted by atomic mass is 9.79. The Balaban J connectivity index is 3.18. The first-order chi connectivity index (χ1) is 10.4. The molecule has 22 heavy (non-hydrogen) atoms. The monoisotopic (exact) mass is 314 g/mol. The van der Waals surface area contributed by atoms with Gasteiger partial charge in [0.2, 0.25) is 0 Å². The minimum Gasteiger partial charge on any atom is -0.466 e. The highest BCUT2D eigenvalue weighted by Gasteiger charge is 2.48. The fourth-order valence-electron chi connectivity index (χ4n) is 2.59. The number of hydrogen-bond acceptors (Lipinski definition) is 3. The molecule has 124 valence electrons. The van der Waals surface area contributed by atoms with E-state index in [0.717, 1.165) is 18.4 Å². The van der Waals surface area contributed by atoms with E-state index in [4.69, 9.17) is 4.74 Å². The van der Waals surface area contributed by atoms with Gasteiger partial charge in [-0.3, -0.25) is 4.79 Å². The molecule has 3 nitrogen and oxygen atoms in total. The molecule has 0 aliphatic heterocycles. The summed E-state index contributed by atoms with van der Waals surface area (Å²) in [5.74, 6) is -2.96. The second-order valence-corrected chi connectivity index (χ2v) is 5.29. The predicted molar refractivity (Wildman–Crippen MR) is 80.8 cm³/mol. The zero-order valence-corrected chi connectivity index (χ0v) is 13.3. The number of carbonyl (C=O) groups is 1. The quantitative estimate of drug-likeness (QED) is 0.745. The average molecular weight is 314 g/mol. The van der Waals surface area contributed by atoms with Crippen molar-refractivity contribution in [1.82, 2.24) is 0 Å². The maximum absolute atomic E-state index is 13.4. The van der Waals surface area contributed by atoms with Gasteiger partial charge in [-0.05, 0) is 30.9 Å². The summed E-state index contributed by atoms with van der Waals surface area (Å²) in [6.45, 7) is 5.17. The van der Waals surface area contributed by atoms with Crippen LogP contribution in [0.3, 0.4) is 0 Å². The Labute approximate surface area is 130 Å². The maximum atomic E-state index is 13.4. The Morgan fingerprint density at radius 3 is 2.23 bits per heavy atom. The molecule has 0 amide bonds. The standard InChI is InChI=1S/C17H24F2O3/c1-4-7-12-8-10-13(11-9-12)17(21,5-2)14(15(18)19)16(20)22-6-3/h8-11,14-15,21H,4-7H2,1-3H3. The molecule has 1 aromatic carbocycles. The topological polar surface area (TPSA) is 46.5 Å². The first-order valence-corrected chi connectivity index (χ1v) is 7.67. The van der Waals surface area contributed by atoms with Crippen molar-refractivity contribution < 1.29 is 23.4 Å². The van der Waals surface area contributed by atoms with Gasteiger partial charge in [-0.1, -0.05) is 44.5 Å². The number of rotatable bonds is 8. The summed E-state index contributed by atoms with van der Waals surface area (Å²) in [5.41, 5.74) is -0.562. The van der Waals surface area contributed by atoms with Gasteiger partial charge in [-0.15, -0.1) is 0 Å². The molecule has 2 unspecified atom stereocenters. The van der Waals surface area contributed by atoms with Crippen LogP contribution in [0.5, 0.6) is 0 Å². The van der Waals surface area contributed by atoms with Crippen LogP contribution in [0.2, 0.25) is 0 Å². The predicted octanol–water partition coefficient (Wildman–Crippen LogP) is 3.68. The van der Waals surface area contributed by atoms with Crippen molar-refractivity contribution in [1.29, 1.82) is 0 Å². The number of benzene rings is 1. The van der Waals surface area contributed by atoms with Gasteiger partial charge in [0.1, 0.15) is 5.60 Å². The van der Waals surface area contributed by atoms with Crippen molar-refractivity contribution in [3.8, 4) is 0 Å². The number of aryl methyl sites for hydroxylation is 1. The smallest absolute Gasteiger partial charge is 0.318 e. The van der Waals surface area contributed by atoms with Crippen molar-refractivity contribution in [2.24, 2.45) is 5.92 Å². The van der Waals surface area contributed by atoms with Crippen LogP contribution in [-0.2, 0) is 21.6 Å². The number of ether oxygens (including phenoxy) is 1. The molecule has 1 rings (SSSR count). The Hall–Kier alpha value is -1.49. The van der Waals surface area contributed by atoms with E-state index < -0.39 is 23.9 Å². The van der Waals surface area contributed by atoms with Gasteiger partial charge < -0.3 is 9.84 Å². The summed E-state index contributed by atoms with van der Waals surface area (Å²) in [7, 11) is 0. The third-order valence-corrected chi connectivity index (χ3v) is 3.84. The molecular formula is C17H24F2O3. The van der Waals surface area contributed by atoms with E-state index >= 15 is 0 Å². The largest absolute Gasteiger partial charge is 0.466 e. The van der Waals surface area contributed by atoms with Gasteiger partial charge in [0.25, 0.3) is 6.43 Å². The Bertz CT molecular complexity index is 473. The normalized spacial score (nSPS) is 15.4. The molecule has 0 saturated carbocycles. The molecule has 0 aliphatic carbocycles. The fraction of sp³-hybridized carbons (Fsp3) is 0.588. The number of carbonyl (C=O) groups excluding carboxylic acids is 1. The van der Waals surface area contributed by atoms with Gasteiger partial charge in [-0.2, -0.15) is 0 Å². The Morgan fingerprint density at radius 1 is 1.23 bits per heavy atom. The van der Waals surface area contributed by atoms with Crippen molar-refractivity contribution in [2.75, 3.05) is 6.61 Å². The summed E-state index contributed by atoms with van der Waals surface area (Å²) < 4.78 is 31.5. The highest BCUT2D eigenvalue weighted by atomic mass is 19.3. The highest BCUT2D eigenvalue weighted by Crippen LogP contribution is 2.37. The molecule has 0 saturated heterocycles. The van der Waals surface area contributed by atoms with Gasteiger partial charge in [0, 0.05) is 0 Å². The number of halogens is 2. The molecule has 0 radical (unpaired) electrons. The molecule has 0 fully saturated rings. The van der Waals surface area contributed by atoms with Crippen LogP contribution < -0.4 is 0 Å². The molecule has 0 spiro atoms. The van der Waals surface area contributed by atoms with Crippen LogP contribution in [0.25, 0.3) is 0 Å². The van der Waals surface area contributed by atoms with Crippen LogP contribution in [-0.4, -0.2) is 24.1 Å². The number of esters is 1. The second kappa shape index (κ2) is 8.22. The van der Waals surface area contributed by atoms with E-state index in [1.807, 2.05) is 6.92 Å². The number of alkyl halides is 2. The first kappa shape index (κ1) is 18.6. The minimum atomic E-state index is -3.00. The summed E-state index contributed by atoms with van der Waals surface area (Å²) in [5, 5.41) is 10.8. The molecule has 0 aromatic heterocycles. The summed E-state index contributed by atoms with van der Waals surface area (Å²) in [4.78, 5) is 11.9. The Kier molecular flexibility index (Phi) is 6.94. The van der Waals surface area contributed by atoms with Gasteiger partial charge in [-0.25, -0.2) is 8.78 Å². The zero-order valence-electron chi connectivity index (χ0n) is 13.3. The Morgan fingerprint density at radius 2 is 1.82 bits per heavy atom. The molecule has 0 heterocycles. The fourth-order valence-corrected chi connectivity index (χ4v) is 2.59. The molecule has 0 bridgehead atoms. The first-order valence-electron chi connectivity index (χ1n) is 7.67. The van der Waals surface area contributed by atoms with Crippen LogP contribution in [0.4, 0.5) is 8.78 Å². The molecule has 5 heteroatoms. The molecule has 2 atom stereocenters. The third kappa shape index (κ3) is 4.03. The molecular weight excluding hydrogens is 290 g/mol. The highest BCUT2D eigenvalue weighted by molar-refractivity contribution is 5.74. The summed E-state index contributed by atoms with van der Waals surface area (Å²) in [6.07, 6.45) is -1.16. The number of hydrogen-bond donors (Lipinski definition) is 1. The summed E-state index contributed by atoms with van der Waals surface area (Å²) in [6, 6.07) is 6.83. The van der Waals surface area contributed by atoms with E-state index in [9.17, 15) is 18.7 Å². The zero-order chi connectivity index (χ0) is 16.8. The minimum absolute atomic E-state index is 0.00269. The second-order valence-electron chi connectivity index (χ2n) is 5.29. The van der Waals surface area contributed by atoms with Crippen molar-refractivity contribution in [2.45, 2.75) is 52.1 Å². The lowest BCUT2D eigenvalue weighted by Crippen LogP contribution is -2.44. The van der Waals surface area contributed by atoms with Crippen molar-refractivity contribution in [3.63, 3.8) is 0 Å².